The lowest BCUT2D eigenvalue weighted by molar-refractivity contribution is 0.148. The predicted octanol–water partition coefficient (Wildman–Crippen LogP) is 2.24. The number of hydrogen-bond acceptors (Lipinski definition) is 4. The Balaban J connectivity index is 1.49. The van der Waals surface area contributed by atoms with Crippen LogP contribution in [0, 0.1) is 24.2 Å². The number of aryl methyl sites for hydroxylation is 2. The molecule has 0 spiro atoms. The van der Waals surface area contributed by atoms with Crippen LogP contribution in [0.5, 0.6) is 0 Å². The zero-order valence-corrected chi connectivity index (χ0v) is 14.0. The van der Waals surface area contributed by atoms with E-state index < -0.39 is 6.10 Å². The topological polar surface area (TPSA) is 80.9 Å². The Morgan fingerprint density at radius 2 is 2.25 bits per heavy atom. The molecule has 6 heteroatoms. The molecule has 6 nitrogen and oxygen atoms in total. The number of rotatable bonds is 4. The third kappa shape index (κ3) is 2.97. The highest BCUT2D eigenvalue weighted by Gasteiger charge is 2.33. The zero-order valence-electron chi connectivity index (χ0n) is 14.0. The van der Waals surface area contributed by atoms with Gasteiger partial charge in [-0.15, -0.1) is 0 Å². The van der Waals surface area contributed by atoms with Crippen molar-refractivity contribution in [1.82, 2.24) is 19.7 Å². The summed E-state index contributed by atoms with van der Waals surface area (Å²) in [6, 6.07) is 6.24. The molecule has 2 N–H and O–H groups in total. The molecule has 24 heavy (non-hydrogen) atoms. The molecule has 0 amide bonds. The molecule has 0 saturated heterocycles. The van der Waals surface area contributed by atoms with Crippen molar-refractivity contribution in [2.45, 2.75) is 51.9 Å². The highest BCUT2D eigenvalue weighted by Crippen LogP contribution is 2.40. The number of fused-ring (bicyclic) bond motifs is 1. The Morgan fingerprint density at radius 3 is 2.96 bits per heavy atom. The number of aromatic nitrogens is 3. The maximum absolute atomic E-state index is 10.3. The van der Waals surface area contributed by atoms with Crippen molar-refractivity contribution in [3.8, 4) is 6.07 Å². The van der Waals surface area contributed by atoms with Gasteiger partial charge in [-0.25, -0.2) is 0 Å². The van der Waals surface area contributed by atoms with Crippen LogP contribution in [0.4, 0.5) is 0 Å². The second kappa shape index (κ2) is 6.08. The van der Waals surface area contributed by atoms with Crippen LogP contribution < -0.4 is 0 Å². The Kier molecular flexibility index (Phi) is 3.91. The van der Waals surface area contributed by atoms with Gasteiger partial charge in [0.15, 0.2) is 0 Å². The summed E-state index contributed by atoms with van der Waals surface area (Å²) in [7, 11) is 0. The van der Waals surface area contributed by atoms with E-state index in [0.717, 1.165) is 68.1 Å². The van der Waals surface area contributed by atoms with Gasteiger partial charge >= 0.3 is 0 Å². The SMILES string of the molecule is Cc1[nH]c(CN2CCCn3nc([C@@H](O)C4CC4)cc3C2)cc1C#N. The molecule has 1 atom stereocenters. The number of aromatic amines is 1. The van der Waals surface area contributed by atoms with Gasteiger partial charge in [-0.3, -0.25) is 9.58 Å². The molecular formula is C18H23N5O. The van der Waals surface area contributed by atoms with Gasteiger partial charge in [-0.05, 0) is 44.2 Å². The summed E-state index contributed by atoms with van der Waals surface area (Å²) in [5.41, 5.74) is 4.74. The van der Waals surface area contributed by atoms with E-state index in [4.69, 9.17) is 5.26 Å². The molecule has 1 aliphatic carbocycles. The Morgan fingerprint density at radius 1 is 1.42 bits per heavy atom. The second-order valence-corrected chi connectivity index (χ2v) is 7.08. The van der Waals surface area contributed by atoms with Crippen LogP contribution in [0.1, 0.15) is 53.7 Å². The van der Waals surface area contributed by atoms with E-state index in [1.807, 2.05) is 13.0 Å². The van der Waals surface area contributed by atoms with Crippen LogP contribution in [0.15, 0.2) is 12.1 Å². The summed E-state index contributed by atoms with van der Waals surface area (Å²) in [6.07, 6.45) is 2.87. The fourth-order valence-electron chi connectivity index (χ4n) is 3.55. The molecule has 2 aliphatic rings. The maximum Gasteiger partial charge on any atom is 0.101 e. The molecule has 2 aromatic heterocycles. The average molecular weight is 325 g/mol. The summed E-state index contributed by atoms with van der Waals surface area (Å²) in [5.74, 6) is 0.409. The van der Waals surface area contributed by atoms with Gasteiger partial charge in [0.05, 0.1) is 17.0 Å². The largest absolute Gasteiger partial charge is 0.386 e. The van der Waals surface area contributed by atoms with Crippen LogP contribution in [0.2, 0.25) is 0 Å². The molecule has 1 saturated carbocycles. The lowest BCUT2D eigenvalue weighted by atomic mass is 10.1. The van der Waals surface area contributed by atoms with Crippen LogP contribution >= 0.6 is 0 Å². The average Bonchev–Trinajstić information content (AvgIpc) is 3.29. The molecule has 1 aliphatic heterocycles. The maximum atomic E-state index is 10.3. The van der Waals surface area contributed by atoms with Crippen LogP contribution in [-0.2, 0) is 19.6 Å². The first-order valence-corrected chi connectivity index (χ1v) is 8.69. The van der Waals surface area contributed by atoms with Gasteiger partial charge in [0.25, 0.3) is 0 Å². The quantitative estimate of drug-likeness (QED) is 0.903. The number of aliphatic hydroxyl groups excluding tert-OH is 1. The molecule has 0 unspecified atom stereocenters. The van der Waals surface area contributed by atoms with Gasteiger partial charge in [0, 0.05) is 37.6 Å². The van der Waals surface area contributed by atoms with Crippen molar-refractivity contribution in [1.29, 1.82) is 5.26 Å². The fourth-order valence-corrected chi connectivity index (χ4v) is 3.55. The zero-order chi connectivity index (χ0) is 16.7. The molecule has 126 valence electrons. The number of aliphatic hydroxyl groups is 1. The van der Waals surface area contributed by atoms with Crippen molar-refractivity contribution in [3.63, 3.8) is 0 Å². The van der Waals surface area contributed by atoms with E-state index >= 15 is 0 Å². The fraction of sp³-hybridized carbons (Fsp3) is 0.556. The van der Waals surface area contributed by atoms with Gasteiger partial charge in [-0.2, -0.15) is 10.4 Å². The molecular weight excluding hydrogens is 302 g/mol. The Hall–Kier alpha value is -2.10. The molecule has 0 bridgehead atoms. The highest BCUT2D eigenvalue weighted by atomic mass is 16.3. The minimum absolute atomic E-state index is 0.401. The van der Waals surface area contributed by atoms with Crippen LogP contribution in [-0.4, -0.2) is 31.3 Å². The normalized spacial score (nSPS) is 19.5. The molecule has 4 rings (SSSR count). The lowest BCUT2D eigenvalue weighted by Gasteiger charge is -2.18. The third-order valence-corrected chi connectivity index (χ3v) is 5.07. The number of nitrogens with one attached hydrogen (secondary N) is 1. The molecule has 3 heterocycles. The summed E-state index contributed by atoms with van der Waals surface area (Å²) in [4.78, 5) is 5.68. The predicted molar refractivity (Wildman–Crippen MR) is 88.9 cm³/mol. The summed E-state index contributed by atoms with van der Waals surface area (Å²) in [5, 5.41) is 24.0. The number of hydrogen-bond donors (Lipinski definition) is 2. The van der Waals surface area contributed by atoms with E-state index in [1.165, 1.54) is 5.69 Å². The summed E-state index contributed by atoms with van der Waals surface area (Å²) < 4.78 is 2.06. The van der Waals surface area contributed by atoms with Crippen LogP contribution in [0.3, 0.4) is 0 Å². The van der Waals surface area contributed by atoms with E-state index in [-0.39, 0.29) is 0 Å². The van der Waals surface area contributed by atoms with E-state index in [0.29, 0.717) is 5.92 Å². The molecule has 0 radical (unpaired) electrons. The van der Waals surface area contributed by atoms with Crippen molar-refractivity contribution < 1.29 is 5.11 Å². The number of nitrogens with zero attached hydrogens (tertiary/aromatic N) is 4. The Labute approximate surface area is 141 Å². The molecule has 0 aromatic carbocycles. The monoisotopic (exact) mass is 325 g/mol. The summed E-state index contributed by atoms with van der Waals surface area (Å²) >= 11 is 0. The van der Waals surface area contributed by atoms with Gasteiger partial charge in [-0.1, -0.05) is 0 Å². The first kappa shape index (κ1) is 15.4. The second-order valence-electron chi connectivity index (χ2n) is 7.08. The first-order chi connectivity index (χ1) is 11.6. The van der Waals surface area contributed by atoms with Crippen molar-refractivity contribution >= 4 is 0 Å². The van der Waals surface area contributed by atoms with E-state index in [1.54, 1.807) is 0 Å². The highest BCUT2D eigenvalue weighted by molar-refractivity contribution is 5.35. The van der Waals surface area contributed by atoms with E-state index in [9.17, 15) is 5.11 Å². The first-order valence-electron chi connectivity index (χ1n) is 8.69. The van der Waals surface area contributed by atoms with Crippen molar-refractivity contribution in [3.05, 3.63) is 40.5 Å². The van der Waals surface area contributed by atoms with Crippen LogP contribution in [0.25, 0.3) is 0 Å². The lowest BCUT2D eigenvalue weighted by Crippen LogP contribution is -2.23. The minimum atomic E-state index is -0.401. The third-order valence-electron chi connectivity index (χ3n) is 5.07. The summed E-state index contributed by atoms with van der Waals surface area (Å²) in [6.45, 7) is 5.46. The Bertz CT molecular complexity index is 780. The van der Waals surface area contributed by atoms with Gasteiger partial charge in [0.2, 0.25) is 0 Å². The standard InChI is InChI=1S/C18H23N5O/c1-12-14(9-19)7-15(20-12)10-22-5-2-6-23-16(11-22)8-17(21-23)18(24)13-3-4-13/h7-8,13,18,20,24H,2-6,10-11H2,1H3/t18-/m0/s1. The smallest absolute Gasteiger partial charge is 0.101 e. The van der Waals surface area contributed by atoms with Crippen molar-refractivity contribution in [2.75, 3.05) is 6.54 Å². The number of H-pyrrole nitrogens is 1. The number of nitriles is 1. The van der Waals surface area contributed by atoms with Gasteiger partial charge in [0.1, 0.15) is 12.2 Å². The molecule has 1 fully saturated rings. The van der Waals surface area contributed by atoms with Gasteiger partial charge < -0.3 is 10.1 Å². The minimum Gasteiger partial charge on any atom is -0.386 e. The molecule has 2 aromatic rings. The van der Waals surface area contributed by atoms with Crippen molar-refractivity contribution in [2.24, 2.45) is 5.92 Å². The van der Waals surface area contributed by atoms with E-state index in [2.05, 4.69) is 31.8 Å².